The molecule has 0 radical (unpaired) electrons. The van der Waals surface area contributed by atoms with E-state index in [1.165, 1.54) is 12.1 Å². The first-order chi connectivity index (χ1) is 9.47. The van der Waals surface area contributed by atoms with E-state index in [0.29, 0.717) is 5.69 Å². The maximum Gasteiger partial charge on any atom is 0.100 e. The molecule has 0 atom stereocenters. The molecule has 0 saturated carbocycles. The number of carbonyl (C=O) groups is 1. The summed E-state index contributed by atoms with van der Waals surface area (Å²) in [4.78, 5) is 16.2. The summed E-state index contributed by atoms with van der Waals surface area (Å²) < 4.78 is 0. The highest BCUT2D eigenvalue weighted by atomic mass is 32.1. The summed E-state index contributed by atoms with van der Waals surface area (Å²) in [6.07, 6.45) is 0. The van der Waals surface area contributed by atoms with Gasteiger partial charge in [-0.1, -0.05) is 12.1 Å². The largest absolute Gasteiger partial charge is 0.545 e. The van der Waals surface area contributed by atoms with Crippen molar-refractivity contribution in [3.8, 4) is 0 Å². The average Bonchev–Trinajstić information content (AvgIpc) is 2.75. The van der Waals surface area contributed by atoms with Crippen LogP contribution < -0.4 is 10.5 Å². The first-order valence-electron chi connectivity index (χ1n) is 6.03. The Bertz CT molecular complexity index is 660. The molecule has 0 aliphatic heterocycles. The molecular formula is C14H14N3O2S-. The van der Waals surface area contributed by atoms with Gasteiger partial charge in [0.1, 0.15) is 5.69 Å². The van der Waals surface area contributed by atoms with Gasteiger partial charge in [-0.05, 0) is 38.5 Å². The van der Waals surface area contributed by atoms with Crippen LogP contribution in [-0.2, 0) is 0 Å². The summed E-state index contributed by atoms with van der Waals surface area (Å²) in [6.45, 7) is 5.85. The second-order valence-corrected chi connectivity index (χ2v) is 5.72. The molecule has 5 nitrogen and oxygen atoms in total. The Labute approximate surface area is 121 Å². The Hall–Kier alpha value is -2.21. The van der Waals surface area contributed by atoms with E-state index in [2.05, 4.69) is 15.5 Å². The monoisotopic (exact) mass is 288 g/mol. The number of carbonyl (C=O) groups excluding carboxylic acids is 1. The number of aromatic carboxylic acids is 1. The van der Waals surface area contributed by atoms with Gasteiger partial charge in [0, 0.05) is 4.88 Å². The number of aryl methyl sites for hydroxylation is 2. The van der Waals surface area contributed by atoms with Crippen molar-refractivity contribution >= 4 is 28.7 Å². The molecule has 0 saturated heterocycles. The highest BCUT2D eigenvalue weighted by Gasteiger charge is 2.07. The Morgan fingerprint density at radius 1 is 1.30 bits per heavy atom. The molecule has 0 unspecified atom stereocenters. The van der Waals surface area contributed by atoms with Gasteiger partial charge >= 0.3 is 0 Å². The van der Waals surface area contributed by atoms with Crippen molar-refractivity contribution < 1.29 is 9.90 Å². The lowest BCUT2D eigenvalue weighted by Gasteiger charge is -2.05. The fraction of sp³-hybridized carbons (Fsp3) is 0.214. The number of hydrogen-bond acceptors (Lipinski definition) is 6. The van der Waals surface area contributed by atoms with E-state index in [4.69, 9.17) is 0 Å². The number of carboxylic acid groups (broad SMARTS) is 1. The lowest BCUT2D eigenvalue weighted by atomic mass is 10.2. The SMILES string of the molecule is C/C(=N/Nc1ccc(C(=O)[O-])cc1)c1nc(C)sc1C. The third-order valence-corrected chi connectivity index (χ3v) is 3.61. The van der Waals surface area contributed by atoms with E-state index in [-0.39, 0.29) is 5.56 Å². The van der Waals surface area contributed by atoms with Crippen molar-refractivity contribution in [2.24, 2.45) is 5.10 Å². The normalized spacial score (nSPS) is 11.4. The van der Waals surface area contributed by atoms with E-state index in [1.54, 1.807) is 23.5 Å². The van der Waals surface area contributed by atoms with Crippen molar-refractivity contribution in [1.82, 2.24) is 4.98 Å². The van der Waals surface area contributed by atoms with Gasteiger partial charge in [0.05, 0.1) is 22.4 Å². The van der Waals surface area contributed by atoms with Gasteiger partial charge in [0.25, 0.3) is 0 Å². The molecule has 0 bridgehead atoms. The summed E-state index contributed by atoms with van der Waals surface area (Å²) in [5, 5.41) is 15.9. The van der Waals surface area contributed by atoms with Gasteiger partial charge in [-0.2, -0.15) is 5.10 Å². The highest BCUT2D eigenvalue weighted by Crippen LogP contribution is 2.17. The number of benzene rings is 1. The Morgan fingerprint density at radius 3 is 2.45 bits per heavy atom. The Kier molecular flexibility index (Phi) is 4.14. The Morgan fingerprint density at radius 2 is 1.95 bits per heavy atom. The van der Waals surface area contributed by atoms with Crippen LogP contribution in [0, 0.1) is 13.8 Å². The lowest BCUT2D eigenvalue weighted by molar-refractivity contribution is -0.255. The molecule has 20 heavy (non-hydrogen) atoms. The van der Waals surface area contributed by atoms with Gasteiger partial charge in [0.2, 0.25) is 0 Å². The zero-order valence-corrected chi connectivity index (χ0v) is 12.2. The molecule has 0 aliphatic carbocycles. The fourth-order valence-electron chi connectivity index (χ4n) is 1.75. The topological polar surface area (TPSA) is 77.4 Å². The van der Waals surface area contributed by atoms with Crippen LogP contribution in [0.1, 0.15) is 32.9 Å². The molecule has 1 N–H and O–H groups in total. The third kappa shape index (κ3) is 3.21. The summed E-state index contributed by atoms with van der Waals surface area (Å²) >= 11 is 1.63. The van der Waals surface area contributed by atoms with Crippen LogP contribution in [0.4, 0.5) is 5.69 Å². The van der Waals surface area contributed by atoms with E-state index >= 15 is 0 Å². The molecule has 0 amide bonds. The van der Waals surface area contributed by atoms with Gasteiger partial charge in [-0.25, -0.2) is 4.98 Å². The molecule has 2 aromatic rings. The molecule has 0 spiro atoms. The molecule has 1 heterocycles. The van der Waals surface area contributed by atoms with Crippen LogP contribution in [0.5, 0.6) is 0 Å². The second kappa shape index (κ2) is 5.83. The second-order valence-electron chi connectivity index (χ2n) is 4.31. The van der Waals surface area contributed by atoms with Gasteiger partial charge < -0.3 is 9.90 Å². The van der Waals surface area contributed by atoms with Crippen LogP contribution in [0.2, 0.25) is 0 Å². The van der Waals surface area contributed by atoms with E-state index < -0.39 is 5.97 Å². The molecule has 0 aliphatic rings. The number of hydrogen-bond donors (Lipinski definition) is 1. The quantitative estimate of drug-likeness (QED) is 0.689. The van der Waals surface area contributed by atoms with Crippen molar-refractivity contribution in [3.63, 3.8) is 0 Å². The minimum Gasteiger partial charge on any atom is -0.545 e. The number of thiazole rings is 1. The molecule has 0 fully saturated rings. The molecular weight excluding hydrogens is 274 g/mol. The number of aromatic nitrogens is 1. The molecule has 1 aromatic carbocycles. The minimum atomic E-state index is -1.19. The summed E-state index contributed by atoms with van der Waals surface area (Å²) in [6, 6.07) is 6.23. The zero-order valence-electron chi connectivity index (χ0n) is 11.4. The van der Waals surface area contributed by atoms with Gasteiger partial charge in [-0.3, -0.25) is 5.43 Å². The molecule has 104 valence electrons. The predicted molar refractivity (Wildman–Crippen MR) is 78.2 cm³/mol. The summed E-state index contributed by atoms with van der Waals surface area (Å²) in [5.74, 6) is -1.19. The van der Waals surface area contributed by atoms with Crippen LogP contribution >= 0.6 is 11.3 Å². The van der Waals surface area contributed by atoms with Gasteiger partial charge in [0.15, 0.2) is 0 Å². The van der Waals surface area contributed by atoms with Crippen molar-refractivity contribution in [1.29, 1.82) is 0 Å². The molecule has 1 aromatic heterocycles. The first kappa shape index (κ1) is 14.2. The standard InChI is InChI=1S/C14H15N3O2S/c1-8(13-9(2)20-10(3)15-13)16-17-12-6-4-11(5-7-12)14(18)19/h4-7,17H,1-3H3,(H,18,19)/p-1/b16-8-. The molecule has 2 rings (SSSR count). The van der Waals surface area contributed by atoms with E-state index in [9.17, 15) is 9.90 Å². The molecule has 6 heteroatoms. The van der Waals surface area contributed by atoms with Crippen LogP contribution in [0.25, 0.3) is 0 Å². The average molecular weight is 288 g/mol. The van der Waals surface area contributed by atoms with Crippen molar-refractivity contribution in [2.75, 3.05) is 5.43 Å². The number of nitrogens with one attached hydrogen (secondary N) is 1. The summed E-state index contributed by atoms with van der Waals surface area (Å²) in [7, 11) is 0. The van der Waals surface area contributed by atoms with Crippen molar-refractivity contribution in [3.05, 3.63) is 45.4 Å². The number of rotatable bonds is 4. The minimum absolute atomic E-state index is 0.141. The maximum atomic E-state index is 10.6. The third-order valence-electron chi connectivity index (χ3n) is 2.72. The van der Waals surface area contributed by atoms with Crippen molar-refractivity contribution in [2.45, 2.75) is 20.8 Å². The Balaban J connectivity index is 2.12. The lowest BCUT2D eigenvalue weighted by Crippen LogP contribution is -2.21. The van der Waals surface area contributed by atoms with Crippen LogP contribution in [-0.4, -0.2) is 16.7 Å². The van der Waals surface area contributed by atoms with Crippen LogP contribution in [0.3, 0.4) is 0 Å². The smallest absolute Gasteiger partial charge is 0.100 e. The number of anilines is 1. The highest BCUT2D eigenvalue weighted by molar-refractivity contribution is 7.11. The number of nitrogens with zero attached hydrogens (tertiary/aromatic N) is 2. The number of hydrazone groups is 1. The van der Waals surface area contributed by atoms with Crippen LogP contribution in [0.15, 0.2) is 29.4 Å². The van der Waals surface area contributed by atoms with E-state index in [0.717, 1.165) is 21.3 Å². The predicted octanol–water partition coefficient (Wildman–Crippen LogP) is 1.96. The first-order valence-corrected chi connectivity index (χ1v) is 6.85. The number of carboxylic acids is 1. The van der Waals surface area contributed by atoms with Gasteiger partial charge in [-0.15, -0.1) is 11.3 Å². The summed E-state index contributed by atoms with van der Waals surface area (Å²) in [5.41, 5.74) is 5.40. The fourth-order valence-corrected chi connectivity index (χ4v) is 2.62. The zero-order chi connectivity index (χ0) is 14.7. The van der Waals surface area contributed by atoms with E-state index in [1.807, 2.05) is 20.8 Å². The maximum absolute atomic E-state index is 10.6.